The van der Waals surface area contributed by atoms with Crippen LogP contribution in [0.5, 0.6) is 0 Å². The van der Waals surface area contributed by atoms with Crippen LogP contribution in [0.2, 0.25) is 4.34 Å². The van der Waals surface area contributed by atoms with Gasteiger partial charge >= 0.3 is 0 Å². The SMILES string of the molecule is Cc1cccc(CCC(C)NCCc2ccc(Cl)s2)c1. The summed E-state index contributed by atoms with van der Waals surface area (Å²) in [5.74, 6) is 0. The number of nitrogens with one attached hydrogen (secondary N) is 1. The molecule has 0 saturated heterocycles. The van der Waals surface area contributed by atoms with Gasteiger partial charge in [0, 0.05) is 17.5 Å². The Kier molecular flexibility index (Phi) is 6.08. The lowest BCUT2D eigenvalue weighted by molar-refractivity contribution is 0.518. The van der Waals surface area contributed by atoms with Crippen LogP contribution in [0, 0.1) is 6.92 Å². The maximum Gasteiger partial charge on any atom is 0.0931 e. The van der Waals surface area contributed by atoms with E-state index >= 15 is 0 Å². The van der Waals surface area contributed by atoms with Crippen LogP contribution in [0.15, 0.2) is 36.4 Å². The molecule has 1 N–H and O–H groups in total. The standard InChI is InChI=1S/C17H22ClNS/c1-13-4-3-5-15(12-13)7-6-14(2)19-11-10-16-8-9-17(18)20-16/h3-5,8-9,12,14,19H,6-7,10-11H2,1-2H3. The van der Waals surface area contributed by atoms with Crippen LogP contribution in [0.4, 0.5) is 0 Å². The van der Waals surface area contributed by atoms with Crippen molar-refractivity contribution in [3.05, 3.63) is 56.7 Å². The zero-order valence-corrected chi connectivity index (χ0v) is 13.7. The van der Waals surface area contributed by atoms with Gasteiger partial charge in [-0.3, -0.25) is 0 Å². The van der Waals surface area contributed by atoms with Crippen LogP contribution in [0.25, 0.3) is 0 Å². The van der Waals surface area contributed by atoms with Gasteiger partial charge in [-0.1, -0.05) is 41.4 Å². The molecule has 0 bridgehead atoms. The molecule has 2 rings (SSSR count). The molecule has 0 amide bonds. The minimum absolute atomic E-state index is 0.547. The fourth-order valence-electron chi connectivity index (χ4n) is 2.28. The molecule has 0 radical (unpaired) electrons. The van der Waals surface area contributed by atoms with Gasteiger partial charge in [-0.05, 0) is 50.8 Å². The molecule has 1 aromatic heterocycles. The highest BCUT2D eigenvalue weighted by Crippen LogP contribution is 2.21. The summed E-state index contributed by atoms with van der Waals surface area (Å²) in [6, 6.07) is 13.4. The third-order valence-electron chi connectivity index (χ3n) is 3.44. The van der Waals surface area contributed by atoms with Crippen LogP contribution in [0.3, 0.4) is 0 Å². The summed E-state index contributed by atoms with van der Waals surface area (Å²) in [4.78, 5) is 1.35. The zero-order chi connectivity index (χ0) is 14.4. The summed E-state index contributed by atoms with van der Waals surface area (Å²) < 4.78 is 0.882. The Balaban J connectivity index is 1.66. The van der Waals surface area contributed by atoms with Crippen molar-refractivity contribution in [3.8, 4) is 0 Å². The summed E-state index contributed by atoms with van der Waals surface area (Å²) in [6.07, 6.45) is 3.38. The molecule has 108 valence electrons. The first-order valence-corrected chi connectivity index (χ1v) is 8.36. The summed E-state index contributed by atoms with van der Waals surface area (Å²) in [7, 11) is 0. The van der Waals surface area contributed by atoms with E-state index in [0.29, 0.717) is 6.04 Å². The topological polar surface area (TPSA) is 12.0 Å². The molecular formula is C17H22ClNS. The Labute approximate surface area is 131 Å². The van der Waals surface area contributed by atoms with Crippen LogP contribution in [-0.4, -0.2) is 12.6 Å². The Morgan fingerprint density at radius 3 is 2.75 bits per heavy atom. The van der Waals surface area contributed by atoms with Crippen LogP contribution in [-0.2, 0) is 12.8 Å². The number of benzene rings is 1. The number of rotatable bonds is 7. The van der Waals surface area contributed by atoms with Crippen molar-refractivity contribution in [1.82, 2.24) is 5.32 Å². The largest absolute Gasteiger partial charge is 0.314 e. The highest BCUT2D eigenvalue weighted by molar-refractivity contribution is 7.16. The van der Waals surface area contributed by atoms with Gasteiger partial charge in [-0.2, -0.15) is 0 Å². The minimum atomic E-state index is 0.547. The van der Waals surface area contributed by atoms with Gasteiger partial charge in [-0.15, -0.1) is 11.3 Å². The normalized spacial score (nSPS) is 12.6. The third kappa shape index (κ3) is 5.28. The van der Waals surface area contributed by atoms with Gasteiger partial charge in [0.05, 0.1) is 4.34 Å². The van der Waals surface area contributed by atoms with Crippen molar-refractivity contribution in [2.75, 3.05) is 6.54 Å². The number of hydrogen-bond acceptors (Lipinski definition) is 2. The lowest BCUT2D eigenvalue weighted by Crippen LogP contribution is -2.28. The lowest BCUT2D eigenvalue weighted by atomic mass is 10.0. The van der Waals surface area contributed by atoms with E-state index in [2.05, 4.69) is 49.5 Å². The molecule has 1 aromatic carbocycles. The maximum atomic E-state index is 5.93. The molecule has 1 unspecified atom stereocenters. The molecule has 0 aliphatic carbocycles. The maximum absolute atomic E-state index is 5.93. The van der Waals surface area contributed by atoms with E-state index in [4.69, 9.17) is 11.6 Å². The van der Waals surface area contributed by atoms with E-state index in [-0.39, 0.29) is 0 Å². The first-order valence-electron chi connectivity index (χ1n) is 7.16. The van der Waals surface area contributed by atoms with Crippen LogP contribution in [0.1, 0.15) is 29.3 Å². The second-order valence-corrected chi connectivity index (χ2v) is 7.14. The van der Waals surface area contributed by atoms with Gasteiger partial charge in [0.1, 0.15) is 0 Å². The lowest BCUT2D eigenvalue weighted by Gasteiger charge is -2.13. The Morgan fingerprint density at radius 1 is 1.20 bits per heavy atom. The molecule has 0 aliphatic heterocycles. The Bertz CT molecular complexity index is 535. The molecule has 0 aliphatic rings. The van der Waals surface area contributed by atoms with Crippen molar-refractivity contribution in [3.63, 3.8) is 0 Å². The van der Waals surface area contributed by atoms with E-state index in [9.17, 15) is 0 Å². The second kappa shape index (κ2) is 7.82. The van der Waals surface area contributed by atoms with Crippen LogP contribution < -0.4 is 5.32 Å². The van der Waals surface area contributed by atoms with Crippen molar-refractivity contribution >= 4 is 22.9 Å². The van der Waals surface area contributed by atoms with Crippen molar-refractivity contribution in [1.29, 1.82) is 0 Å². The molecule has 1 nitrogen and oxygen atoms in total. The fourth-order valence-corrected chi connectivity index (χ4v) is 3.37. The minimum Gasteiger partial charge on any atom is -0.314 e. The molecule has 1 atom stereocenters. The first-order chi connectivity index (χ1) is 9.63. The molecule has 0 fully saturated rings. The Morgan fingerprint density at radius 2 is 2.05 bits per heavy atom. The number of hydrogen-bond donors (Lipinski definition) is 1. The quantitative estimate of drug-likeness (QED) is 0.770. The fraction of sp³-hybridized carbons (Fsp3) is 0.412. The van der Waals surface area contributed by atoms with Gasteiger partial charge in [-0.25, -0.2) is 0 Å². The predicted octanol–water partition coefficient (Wildman–Crippen LogP) is 4.86. The molecule has 3 heteroatoms. The van der Waals surface area contributed by atoms with Gasteiger partial charge in [0.2, 0.25) is 0 Å². The van der Waals surface area contributed by atoms with Crippen molar-refractivity contribution < 1.29 is 0 Å². The monoisotopic (exact) mass is 307 g/mol. The van der Waals surface area contributed by atoms with E-state index < -0.39 is 0 Å². The second-order valence-electron chi connectivity index (χ2n) is 5.34. The summed E-state index contributed by atoms with van der Waals surface area (Å²) in [6.45, 7) is 5.43. The summed E-state index contributed by atoms with van der Waals surface area (Å²) in [5, 5.41) is 3.59. The van der Waals surface area contributed by atoms with E-state index in [1.54, 1.807) is 11.3 Å². The van der Waals surface area contributed by atoms with Gasteiger partial charge in [0.25, 0.3) is 0 Å². The highest BCUT2D eigenvalue weighted by atomic mass is 35.5. The van der Waals surface area contributed by atoms with E-state index in [1.165, 1.54) is 22.4 Å². The van der Waals surface area contributed by atoms with Crippen molar-refractivity contribution in [2.45, 2.75) is 39.2 Å². The van der Waals surface area contributed by atoms with E-state index in [0.717, 1.165) is 23.7 Å². The summed E-state index contributed by atoms with van der Waals surface area (Å²) >= 11 is 7.61. The molecular weight excluding hydrogens is 286 g/mol. The van der Waals surface area contributed by atoms with Gasteiger partial charge in [0.15, 0.2) is 0 Å². The number of halogens is 1. The third-order valence-corrected chi connectivity index (χ3v) is 4.73. The average molecular weight is 308 g/mol. The van der Waals surface area contributed by atoms with Gasteiger partial charge < -0.3 is 5.32 Å². The highest BCUT2D eigenvalue weighted by Gasteiger charge is 2.03. The number of thiophene rings is 1. The zero-order valence-electron chi connectivity index (χ0n) is 12.2. The molecule has 20 heavy (non-hydrogen) atoms. The Hall–Kier alpha value is -0.830. The summed E-state index contributed by atoms with van der Waals surface area (Å²) in [5.41, 5.74) is 2.78. The first kappa shape index (κ1) is 15.6. The van der Waals surface area contributed by atoms with Crippen molar-refractivity contribution in [2.24, 2.45) is 0 Å². The average Bonchev–Trinajstić information content (AvgIpc) is 2.82. The molecule has 0 spiro atoms. The molecule has 0 saturated carbocycles. The predicted molar refractivity (Wildman–Crippen MR) is 90.0 cm³/mol. The van der Waals surface area contributed by atoms with E-state index in [1.807, 2.05) is 6.07 Å². The molecule has 1 heterocycles. The van der Waals surface area contributed by atoms with Crippen LogP contribution >= 0.6 is 22.9 Å². The molecule has 2 aromatic rings. The number of aryl methyl sites for hydroxylation is 2. The smallest absolute Gasteiger partial charge is 0.0931 e.